The fourth-order valence-electron chi connectivity index (χ4n) is 2.75. The molecule has 0 atom stereocenters. The minimum absolute atomic E-state index is 0.145. The maximum atomic E-state index is 12.3. The van der Waals surface area contributed by atoms with Gasteiger partial charge in [0.05, 0.1) is 0 Å². The molecule has 0 aliphatic carbocycles. The third-order valence-corrected chi connectivity index (χ3v) is 4.90. The second-order valence-corrected chi connectivity index (χ2v) is 6.41. The quantitative estimate of drug-likeness (QED) is 0.567. The van der Waals surface area contributed by atoms with Crippen LogP contribution in [0.5, 0.6) is 0 Å². The molecule has 2 heterocycles. The summed E-state index contributed by atoms with van der Waals surface area (Å²) in [5.41, 5.74) is 5.17. The van der Waals surface area contributed by atoms with Crippen molar-refractivity contribution in [3.8, 4) is 11.1 Å². The molecule has 0 fully saturated rings. The Kier molecular flexibility index (Phi) is 3.66. The summed E-state index contributed by atoms with van der Waals surface area (Å²) in [7, 11) is 0. The number of nitrogens with zero attached hydrogens (tertiary/aromatic N) is 2. The van der Waals surface area contributed by atoms with Crippen LogP contribution < -0.4 is 5.56 Å². The van der Waals surface area contributed by atoms with Gasteiger partial charge in [0.15, 0.2) is 0 Å². The van der Waals surface area contributed by atoms with Crippen molar-refractivity contribution in [2.24, 2.45) is 0 Å². The fourth-order valence-corrected chi connectivity index (χ4v) is 3.91. The summed E-state index contributed by atoms with van der Waals surface area (Å²) in [6, 6.07) is 20.2. The number of H-pyrrole nitrogens is 1. The van der Waals surface area contributed by atoms with Gasteiger partial charge in [0, 0.05) is 0 Å². The Labute approximate surface area is 139 Å². The SMILES string of the molecule is O=c1[nH]c(Cc2ccccc2)c(-c2ccccc2)c2n[se]nc12. The van der Waals surface area contributed by atoms with Gasteiger partial charge in [-0.05, 0) is 0 Å². The Morgan fingerprint density at radius 1 is 0.870 bits per heavy atom. The van der Waals surface area contributed by atoms with Crippen LogP contribution in [0.3, 0.4) is 0 Å². The van der Waals surface area contributed by atoms with Gasteiger partial charge in [-0.3, -0.25) is 0 Å². The van der Waals surface area contributed by atoms with Crippen molar-refractivity contribution in [2.45, 2.75) is 6.42 Å². The van der Waals surface area contributed by atoms with Crippen molar-refractivity contribution in [1.82, 2.24) is 12.9 Å². The molecule has 0 aliphatic heterocycles. The number of benzene rings is 2. The number of hydrogen-bond acceptors (Lipinski definition) is 3. The zero-order chi connectivity index (χ0) is 15.6. The Bertz CT molecular complexity index is 1010. The van der Waals surface area contributed by atoms with E-state index >= 15 is 0 Å². The molecular weight excluding hydrogens is 353 g/mol. The summed E-state index contributed by atoms with van der Waals surface area (Å²) < 4.78 is 8.80. The number of pyridine rings is 1. The van der Waals surface area contributed by atoms with Crippen LogP contribution in [0.2, 0.25) is 0 Å². The Morgan fingerprint density at radius 2 is 1.52 bits per heavy atom. The number of nitrogens with one attached hydrogen (secondary N) is 1. The number of aromatic nitrogens is 3. The molecule has 2 aromatic carbocycles. The molecule has 1 N–H and O–H groups in total. The van der Waals surface area contributed by atoms with E-state index in [9.17, 15) is 4.79 Å². The topological polar surface area (TPSA) is 58.6 Å². The minimum atomic E-state index is -0.232. The molecule has 0 amide bonds. The van der Waals surface area contributed by atoms with E-state index in [1.54, 1.807) is 0 Å². The van der Waals surface area contributed by atoms with Crippen LogP contribution >= 0.6 is 0 Å². The van der Waals surface area contributed by atoms with Gasteiger partial charge in [-0.2, -0.15) is 0 Å². The van der Waals surface area contributed by atoms with Gasteiger partial charge in [0.1, 0.15) is 0 Å². The average Bonchev–Trinajstić information content (AvgIpc) is 3.07. The molecule has 5 heteroatoms. The van der Waals surface area contributed by atoms with Crippen molar-refractivity contribution in [1.29, 1.82) is 0 Å². The summed E-state index contributed by atoms with van der Waals surface area (Å²) in [4.78, 5) is 15.3. The second kappa shape index (κ2) is 5.95. The zero-order valence-corrected chi connectivity index (χ0v) is 13.9. The number of rotatable bonds is 3. The predicted molar refractivity (Wildman–Crippen MR) is 91.8 cm³/mol. The first-order valence-electron chi connectivity index (χ1n) is 7.29. The molecule has 0 saturated heterocycles. The van der Waals surface area contributed by atoms with Crippen LogP contribution in [0.4, 0.5) is 0 Å². The molecule has 2 aromatic heterocycles. The molecule has 0 radical (unpaired) electrons. The standard InChI is InChI=1S/C18H13N3OSe/c22-18-17-16(20-23-21-17)15(13-9-5-2-6-10-13)14(19-18)11-12-7-3-1-4-8-12/h1-10H,11H2,(H,19,22). The molecule has 0 spiro atoms. The van der Waals surface area contributed by atoms with Crippen molar-refractivity contribution >= 4 is 26.0 Å². The van der Waals surface area contributed by atoms with Crippen LogP contribution in [0, 0.1) is 0 Å². The van der Waals surface area contributed by atoms with Crippen LogP contribution in [-0.2, 0) is 6.42 Å². The van der Waals surface area contributed by atoms with Crippen molar-refractivity contribution in [2.75, 3.05) is 0 Å². The molecule has 4 aromatic rings. The molecule has 0 unspecified atom stereocenters. The summed E-state index contributed by atoms with van der Waals surface area (Å²) in [6.07, 6.45) is 0.663. The summed E-state index contributed by atoms with van der Waals surface area (Å²) in [5, 5.41) is 0. The van der Waals surface area contributed by atoms with E-state index in [4.69, 9.17) is 0 Å². The molecular formula is C18H13N3OSe. The first kappa shape index (κ1) is 14.1. The first-order valence-corrected chi connectivity index (χ1v) is 8.83. The van der Waals surface area contributed by atoms with Gasteiger partial charge in [0.2, 0.25) is 0 Å². The number of fused-ring (bicyclic) bond motifs is 1. The van der Waals surface area contributed by atoms with Gasteiger partial charge >= 0.3 is 139 Å². The predicted octanol–water partition coefficient (Wildman–Crippen LogP) is 2.63. The third-order valence-electron chi connectivity index (χ3n) is 3.79. The normalized spacial score (nSPS) is 11.0. The second-order valence-electron chi connectivity index (χ2n) is 5.30. The van der Waals surface area contributed by atoms with E-state index in [-0.39, 0.29) is 20.5 Å². The summed E-state index contributed by atoms with van der Waals surface area (Å²) in [6.45, 7) is 0. The van der Waals surface area contributed by atoms with Crippen LogP contribution in [0.25, 0.3) is 22.2 Å². The Morgan fingerprint density at radius 3 is 2.26 bits per heavy atom. The summed E-state index contributed by atoms with van der Waals surface area (Å²) in [5.74, 6) is 0. The van der Waals surface area contributed by atoms with Gasteiger partial charge in [0.25, 0.3) is 0 Å². The van der Waals surface area contributed by atoms with E-state index in [1.807, 2.05) is 48.5 Å². The molecule has 0 aliphatic rings. The van der Waals surface area contributed by atoms with Crippen LogP contribution in [-0.4, -0.2) is 27.9 Å². The first-order chi connectivity index (χ1) is 11.3. The van der Waals surface area contributed by atoms with E-state index < -0.39 is 0 Å². The Hall–Kier alpha value is -2.49. The van der Waals surface area contributed by atoms with Gasteiger partial charge in [-0.15, -0.1) is 0 Å². The van der Waals surface area contributed by atoms with Crippen molar-refractivity contribution < 1.29 is 0 Å². The van der Waals surface area contributed by atoms with E-state index in [2.05, 4.69) is 25.1 Å². The maximum absolute atomic E-state index is 12.3. The third kappa shape index (κ3) is 2.65. The van der Waals surface area contributed by atoms with Gasteiger partial charge in [-0.25, -0.2) is 0 Å². The molecule has 4 nitrogen and oxygen atoms in total. The van der Waals surface area contributed by atoms with E-state index in [0.29, 0.717) is 11.9 Å². The Balaban J connectivity index is 1.97. The monoisotopic (exact) mass is 367 g/mol. The molecule has 0 saturated carbocycles. The number of hydrogen-bond donors (Lipinski definition) is 1. The van der Waals surface area contributed by atoms with Crippen molar-refractivity contribution in [3.05, 3.63) is 82.3 Å². The van der Waals surface area contributed by atoms with E-state index in [1.165, 1.54) is 0 Å². The van der Waals surface area contributed by atoms with E-state index in [0.717, 1.165) is 27.9 Å². The van der Waals surface area contributed by atoms with Gasteiger partial charge < -0.3 is 0 Å². The van der Waals surface area contributed by atoms with Crippen LogP contribution in [0.15, 0.2) is 65.5 Å². The number of aromatic amines is 1. The molecule has 23 heavy (non-hydrogen) atoms. The van der Waals surface area contributed by atoms with Crippen molar-refractivity contribution in [3.63, 3.8) is 0 Å². The van der Waals surface area contributed by atoms with Crippen LogP contribution in [0.1, 0.15) is 11.3 Å². The zero-order valence-electron chi connectivity index (χ0n) is 12.2. The van der Waals surface area contributed by atoms with Gasteiger partial charge in [-0.1, -0.05) is 0 Å². The molecule has 112 valence electrons. The summed E-state index contributed by atoms with van der Waals surface area (Å²) >= 11 is -0.232. The molecule has 0 bridgehead atoms. The average molecular weight is 366 g/mol. The molecule has 4 rings (SSSR count). The fraction of sp³-hybridized carbons (Fsp3) is 0.0556.